The zero-order valence-electron chi connectivity index (χ0n) is 12.5. The molecule has 1 heterocycles. The molecule has 1 N–H and O–H groups in total. The van der Waals surface area contributed by atoms with E-state index in [1.807, 2.05) is 0 Å². The summed E-state index contributed by atoms with van der Waals surface area (Å²) in [4.78, 5) is 35.5. The number of morpholine rings is 1. The molecule has 8 nitrogen and oxygen atoms in total. The van der Waals surface area contributed by atoms with Crippen LogP contribution < -0.4 is 0 Å². The highest BCUT2D eigenvalue weighted by molar-refractivity contribution is 8.00. The summed E-state index contributed by atoms with van der Waals surface area (Å²) in [5.41, 5.74) is -0.163. The van der Waals surface area contributed by atoms with Gasteiger partial charge in [0.15, 0.2) is 0 Å². The number of amides is 1. The van der Waals surface area contributed by atoms with Gasteiger partial charge in [-0.05, 0) is 12.1 Å². The van der Waals surface area contributed by atoms with Crippen LogP contribution in [0, 0.1) is 10.1 Å². The number of aliphatic carboxylic acids is 1. The minimum absolute atomic E-state index is 0.0292. The number of thioether (sulfide) groups is 1. The SMILES string of the molecule is O=C(O)CC1COCCN1C(=O)CSc1ccc(Cl)cc1[N+](=O)[O-]. The zero-order valence-corrected chi connectivity index (χ0v) is 14.1. The number of carboxylic acid groups (broad SMARTS) is 1. The standard InChI is InChI=1S/C14H15ClN2O6S/c15-9-1-2-12(11(5-9)17(21)22)24-8-13(18)16-3-4-23-7-10(16)6-14(19)20/h1-2,5,10H,3-4,6-8H2,(H,19,20). The van der Waals surface area contributed by atoms with Crippen LogP contribution in [0.25, 0.3) is 0 Å². The fourth-order valence-corrected chi connectivity index (χ4v) is 3.39. The van der Waals surface area contributed by atoms with Gasteiger partial charge in [-0.15, -0.1) is 11.8 Å². The summed E-state index contributed by atoms with van der Waals surface area (Å²) < 4.78 is 5.22. The molecular weight excluding hydrogens is 360 g/mol. The molecule has 0 aliphatic carbocycles. The first-order valence-electron chi connectivity index (χ1n) is 7.04. The van der Waals surface area contributed by atoms with E-state index >= 15 is 0 Å². The van der Waals surface area contributed by atoms with Crippen molar-refractivity contribution in [3.63, 3.8) is 0 Å². The summed E-state index contributed by atoms with van der Waals surface area (Å²) in [6.07, 6.45) is -0.197. The first-order chi connectivity index (χ1) is 11.4. The lowest BCUT2D eigenvalue weighted by Crippen LogP contribution is -2.50. The smallest absolute Gasteiger partial charge is 0.305 e. The molecule has 1 aliphatic heterocycles. The summed E-state index contributed by atoms with van der Waals surface area (Å²) in [6, 6.07) is 3.72. The number of carboxylic acids is 1. The molecule has 1 unspecified atom stereocenters. The highest BCUT2D eigenvalue weighted by Crippen LogP contribution is 2.32. The maximum atomic E-state index is 12.4. The van der Waals surface area contributed by atoms with Gasteiger partial charge in [0.1, 0.15) is 0 Å². The van der Waals surface area contributed by atoms with Gasteiger partial charge in [-0.1, -0.05) is 11.6 Å². The number of nitro groups is 1. The first kappa shape index (κ1) is 18.5. The van der Waals surface area contributed by atoms with Crippen molar-refractivity contribution < 1.29 is 24.4 Å². The van der Waals surface area contributed by atoms with Crippen molar-refractivity contribution in [1.82, 2.24) is 4.90 Å². The van der Waals surface area contributed by atoms with E-state index in [1.165, 1.54) is 23.1 Å². The molecule has 2 rings (SSSR count). The van der Waals surface area contributed by atoms with E-state index in [-0.39, 0.29) is 35.4 Å². The predicted octanol–water partition coefficient (Wildman–Crippen LogP) is 2.04. The van der Waals surface area contributed by atoms with Gasteiger partial charge in [-0.25, -0.2) is 0 Å². The third-order valence-corrected chi connectivity index (χ3v) is 4.71. The average molecular weight is 375 g/mol. The van der Waals surface area contributed by atoms with Gasteiger partial charge in [0.2, 0.25) is 5.91 Å². The highest BCUT2D eigenvalue weighted by Gasteiger charge is 2.29. The Kier molecular flexibility index (Phi) is 6.41. The Hall–Kier alpha value is -1.84. The van der Waals surface area contributed by atoms with Crippen LogP contribution in [0.1, 0.15) is 6.42 Å². The van der Waals surface area contributed by atoms with E-state index in [0.29, 0.717) is 18.0 Å². The van der Waals surface area contributed by atoms with Crippen molar-refractivity contribution in [2.24, 2.45) is 0 Å². The number of benzene rings is 1. The van der Waals surface area contributed by atoms with Gasteiger partial charge in [0.25, 0.3) is 5.69 Å². The van der Waals surface area contributed by atoms with E-state index in [1.54, 1.807) is 0 Å². The van der Waals surface area contributed by atoms with Crippen LogP contribution >= 0.6 is 23.4 Å². The molecule has 0 aromatic heterocycles. The Bertz CT molecular complexity index is 656. The van der Waals surface area contributed by atoms with Gasteiger partial charge in [-0.3, -0.25) is 19.7 Å². The van der Waals surface area contributed by atoms with Crippen LogP contribution in [0.3, 0.4) is 0 Å². The van der Waals surface area contributed by atoms with E-state index in [9.17, 15) is 19.7 Å². The number of nitrogens with zero attached hydrogens (tertiary/aromatic N) is 2. The first-order valence-corrected chi connectivity index (χ1v) is 8.40. The second-order valence-corrected chi connectivity index (χ2v) is 6.53. The zero-order chi connectivity index (χ0) is 17.7. The quantitative estimate of drug-likeness (QED) is 0.461. The fourth-order valence-electron chi connectivity index (χ4n) is 2.33. The Morgan fingerprint density at radius 1 is 1.50 bits per heavy atom. The second-order valence-electron chi connectivity index (χ2n) is 5.07. The number of carbonyl (C=O) groups is 2. The maximum absolute atomic E-state index is 12.4. The van der Waals surface area contributed by atoms with E-state index in [0.717, 1.165) is 11.8 Å². The largest absolute Gasteiger partial charge is 0.481 e. The predicted molar refractivity (Wildman–Crippen MR) is 87.4 cm³/mol. The lowest BCUT2D eigenvalue weighted by atomic mass is 10.1. The fraction of sp³-hybridized carbons (Fsp3) is 0.429. The molecule has 0 bridgehead atoms. The van der Waals surface area contributed by atoms with E-state index < -0.39 is 16.9 Å². The number of carbonyl (C=O) groups excluding carboxylic acids is 1. The van der Waals surface area contributed by atoms with Crippen molar-refractivity contribution in [2.45, 2.75) is 17.4 Å². The van der Waals surface area contributed by atoms with Crippen LogP contribution in [0.2, 0.25) is 5.02 Å². The van der Waals surface area contributed by atoms with Gasteiger partial charge in [-0.2, -0.15) is 0 Å². The highest BCUT2D eigenvalue weighted by atomic mass is 35.5. The molecule has 1 aromatic carbocycles. The Morgan fingerprint density at radius 3 is 2.92 bits per heavy atom. The molecule has 0 saturated carbocycles. The Balaban J connectivity index is 2.04. The normalized spacial score (nSPS) is 17.5. The number of hydrogen-bond donors (Lipinski definition) is 1. The van der Waals surface area contributed by atoms with Crippen molar-refractivity contribution in [1.29, 1.82) is 0 Å². The van der Waals surface area contributed by atoms with Gasteiger partial charge >= 0.3 is 5.97 Å². The number of halogens is 1. The number of rotatable bonds is 6. The molecule has 0 radical (unpaired) electrons. The minimum Gasteiger partial charge on any atom is -0.481 e. The summed E-state index contributed by atoms with van der Waals surface area (Å²) in [5, 5.41) is 20.2. The molecule has 10 heteroatoms. The minimum atomic E-state index is -1.01. The number of nitro benzene ring substituents is 1. The van der Waals surface area contributed by atoms with Gasteiger partial charge in [0, 0.05) is 17.6 Å². The summed E-state index contributed by atoms with van der Waals surface area (Å²) in [5.74, 6) is -1.32. The van der Waals surface area contributed by atoms with Gasteiger partial charge < -0.3 is 14.7 Å². The molecule has 0 spiro atoms. The molecular formula is C14H15ClN2O6S. The third-order valence-electron chi connectivity index (χ3n) is 3.43. The molecule has 1 atom stereocenters. The Morgan fingerprint density at radius 2 is 2.25 bits per heavy atom. The number of ether oxygens (including phenoxy) is 1. The maximum Gasteiger partial charge on any atom is 0.305 e. The number of hydrogen-bond acceptors (Lipinski definition) is 6. The van der Waals surface area contributed by atoms with Gasteiger partial charge in [0.05, 0.1) is 41.2 Å². The van der Waals surface area contributed by atoms with Crippen molar-refractivity contribution in [2.75, 3.05) is 25.5 Å². The molecule has 130 valence electrons. The molecule has 1 aromatic rings. The third kappa shape index (κ3) is 4.83. The average Bonchev–Trinajstić information content (AvgIpc) is 2.53. The van der Waals surface area contributed by atoms with Crippen LogP contribution in [0.15, 0.2) is 23.1 Å². The molecule has 1 aliphatic rings. The van der Waals surface area contributed by atoms with Crippen molar-refractivity contribution >= 4 is 40.9 Å². The van der Waals surface area contributed by atoms with Crippen LogP contribution in [-0.2, 0) is 14.3 Å². The van der Waals surface area contributed by atoms with Crippen LogP contribution in [-0.4, -0.2) is 58.4 Å². The second kappa shape index (κ2) is 8.32. The van der Waals surface area contributed by atoms with Crippen LogP contribution in [0.5, 0.6) is 0 Å². The topological polar surface area (TPSA) is 110 Å². The van der Waals surface area contributed by atoms with E-state index in [4.69, 9.17) is 21.4 Å². The van der Waals surface area contributed by atoms with E-state index in [2.05, 4.69) is 0 Å². The van der Waals surface area contributed by atoms with Crippen molar-refractivity contribution in [3.8, 4) is 0 Å². The molecule has 1 saturated heterocycles. The lowest BCUT2D eigenvalue weighted by Gasteiger charge is -2.34. The summed E-state index contributed by atoms with van der Waals surface area (Å²) >= 11 is 6.78. The van der Waals surface area contributed by atoms with Crippen molar-refractivity contribution in [3.05, 3.63) is 33.3 Å². The van der Waals surface area contributed by atoms with Crippen LogP contribution in [0.4, 0.5) is 5.69 Å². The molecule has 1 fully saturated rings. The monoisotopic (exact) mass is 374 g/mol. The molecule has 24 heavy (non-hydrogen) atoms. The summed E-state index contributed by atoms with van der Waals surface area (Å²) in [6.45, 7) is 0.817. The summed E-state index contributed by atoms with van der Waals surface area (Å²) in [7, 11) is 0. The molecule has 1 amide bonds. The lowest BCUT2D eigenvalue weighted by molar-refractivity contribution is -0.387. The Labute approximate surface area is 146 Å².